The summed E-state index contributed by atoms with van der Waals surface area (Å²) in [6.45, 7) is 0. The summed E-state index contributed by atoms with van der Waals surface area (Å²) in [5.74, 6) is 5.48. The van der Waals surface area contributed by atoms with Crippen LogP contribution in [0.15, 0.2) is 35.0 Å². The van der Waals surface area contributed by atoms with Crippen molar-refractivity contribution in [1.29, 1.82) is 0 Å². The highest BCUT2D eigenvalue weighted by Gasteiger charge is 2.19. The number of hydrogen-bond acceptors (Lipinski definition) is 3. The lowest BCUT2D eigenvalue weighted by molar-refractivity contribution is 1.76. The van der Waals surface area contributed by atoms with Gasteiger partial charge in [0, 0.05) is 15.3 Å². The van der Waals surface area contributed by atoms with E-state index in [0.29, 0.717) is 0 Å². The standard InChI is InChI=1S/C16H8S3/c1-3-11-12(4-2)19-16(14-8-6-10-18-14)15(11)13-7-5-9-17-13/h1-2,5-10H. The zero-order valence-electron chi connectivity index (χ0n) is 9.84. The molecule has 0 unspecified atom stereocenters. The number of thiophene rings is 3. The van der Waals surface area contributed by atoms with E-state index in [1.165, 1.54) is 14.6 Å². The van der Waals surface area contributed by atoms with Crippen LogP contribution in [0.1, 0.15) is 10.4 Å². The zero-order valence-corrected chi connectivity index (χ0v) is 12.3. The molecule has 0 aliphatic heterocycles. The van der Waals surface area contributed by atoms with Crippen molar-refractivity contribution < 1.29 is 0 Å². The van der Waals surface area contributed by atoms with Crippen molar-refractivity contribution in [2.75, 3.05) is 0 Å². The molecule has 0 fully saturated rings. The summed E-state index contributed by atoms with van der Waals surface area (Å²) in [5.41, 5.74) is 1.95. The molecule has 3 aromatic heterocycles. The molecule has 0 aliphatic rings. The van der Waals surface area contributed by atoms with Crippen LogP contribution < -0.4 is 0 Å². The summed E-state index contributed by atoms with van der Waals surface area (Å²) in [5, 5.41) is 4.12. The van der Waals surface area contributed by atoms with Crippen LogP contribution in [-0.2, 0) is 0 Å². The van der Waals surface area contributed by atoms with Gasteiger partial charge in [0.2, 0.25) is 0 Å². The lowest BCUT2D eigenvalue weighted by atomic mass is 10.1. The first kappa shape index (κ1) is 12.3. The van der Waals surface area contributed by atoms with Crippen LogP contribution in [0.4, 0.5) is 0 Å². The Morgan fingerprint density at radius 3 is 2.11 bits per heavy atom. The van der Waals surface area contributed by atoms with Gasteiger partial charge in [-0.3, -0.25) is 0 Å². The third-order valence-electron chi connectivity index (χ3n) is 2.70. The molecule has 0 N–H and O–H groups in total. The van der Waals surface area contributed by atoms with E-state index in [0.717, 1.165) is 16.0 Å². The predicted molar refractivity (Wildman–Crippen MR) is 86.8 cm³/mol. The molecule has 0 saturated heterocycles. The van der Waals surface area contributed by atoms with Crippen LogP contribution in [-0.4, -0.2) is 0 Å². The first-order valence-corrected chi connectivity index (χ1v) is 8.10. The van der Waals surface area contributed by atoms with Crippen LogP contribution in [0.5, 0.6) is 0 Å². The highest BCUT2D eigenvalue weighted by Crippen LogP contribution is 2.45. The molecule has 0 amide bonds. The molecule has 90 valence electrons. The Morgan fingerprint density at radius 2 is 1.58 bits per heavy atom. The van der Waals surface area contributed by atoms with Gasteiger partial charge in [-0.25, -0.2) is 0 Å². The lowest BCUT2D eigenvalue weighted by Gasteiger charge is -2.00. The quantitative estimate of drug-likeness (QED) is 0.572. The summed E-state index contributed by atoms with van der Waals surface area (Å²) >= 11 is 5.00. The minimum atomic E-state index is 0.842. The van der Waals surface area contributed by atoms with Gasteiger partial charge in [-0.05, 0) is 22.9 Å². The molecule has 0 atom stereocenters. The Balaban J connectivity index is 2.35. The molecule has 3 rings (SSSR count). The first-order valence-electron chi connectivity index (χ1n) is 5.53. The monoisotopic (exact) mass is 296 g/mol. The van der Waals surface area contributed by atoms with Gasteiger partial charge in [0.05, 0.1) is 15.3 Å². The van der Waals surface area contributed by atoms with Gasteiger partial charge < -0.3 is 0 Å². The Hall–Kier alpha value is -1.78. The Morgan fingerprint density at radius 1 is 0.895 bits per heavy atom. The van der Waals surface area contributed by atoms with Gasteiger partial charge in [0.25, 0.3) is 0 Å². The van der Waals surface area contributed by atoms with Gasteiger partial charge >= 0.3 is 0 Å². The van der Waals surface area contributed by atoms with Crippen molar-refractivity contribution in [3.05, 3.63) is 45.5 Å². The van der Waals surface area contributed by atoms with Crippen LogP contribution in [0, 0.1) is 24.7 Å². The van der Waals surface area contributed by atoms with E-state index >= 15 is 0 Å². The molecule has 0 saturated carbocycles. The maximum absolute atomic E-state index is 5.67. The van der Waals surface area contributed by atoms with Gasteiger partial charge in [0.15, 0.2) is 0 Å². The normalized spacial score (nSPS) is 10.0. The van der Waals surface area contributed by atoms with Crippen molar-refractivity contribution >= 4 is 34.0 Å². The molecule has 3 heterocycles. The number of hydrogen-bond donors (Lipinski definition) is 0. The van der Waals surface area contributed by atoms with Crippen molar-refractivity contribution in [3.63, 3.8) is 0 Å². The van der Waals surface area contributed by atoms with E-state index in [1.54, 1.807) is 34.0 Å². The van der Waals surface area contributed by atoms with E-state index in [-0.39, 0.29) is 0 Å². The topological polar surface area (TPSA) is 0 Å². The van der Waals surface area contributed by atoms with E-state index in [4.69, 9.17) is 12.8 Å². The molecule has 3 heteroatoms. The van der Waals surface area contributed by atoms with Crippen LogP contribution in [0.25, 0.3) is 20.2 Å². The summed E-state index contributed by atoms with van der Waals surface area (Å²) in [4.78, 5) is 4.41. The molecule has 3 aromatic rings. The van der Waals surface area contributed by atoms with Crippen molar-refractivity contribution in [3.8, 4) is 44.9 Å². The van der Waals surface area contributed by atoms with E-state index < -0.39 is 0 Å². The van der Waals surface area contributed by atoms with E-state index in [1.807, 2.05) is 12.1 Å². The summed E-state index contributed by atoms with van der Waals surface area (Å²) in [7, 11) is 0. The second-order valence-corrected chi connectivity index (χ2v) is 6.67. The Kier molecular flexibility index (Phi) is 3.27. The fourth-order valence-electron chi connectivity index (χ4n) is 1.91. The highest BCUT2D eigenvalue weighted by atomic mass is 32.1. The van der Waals surface area contributed by atoms with E-state index in [9.17, 15) is 0 Å². The summed E-state index contributed by atoms with van der Waals surface area (Å²) < 4.78 is 0. The molecule has 0 nitrogen and oxygen atoms in total. The molecular formula is C16H8S3. The Labute approximate surface area is 124 Å². The largest absolute Gasteiger partial charge is 0.144 e. The van der Waals surface area contributed by atoms with Crippen molar-refractivity contribution in [2.24, 2.45) is 0 Å². The molecule has 19 heavy (non-hydrogen) atoms. The lowest BCUT2D eigenvalue weighted by Crippen LogP contribution is -1.79. The maximum atomic E-state index is 5.67. The van der Waals surface area contributed by atoms with Crippen molar-refractivity contribution in [1.82, 2.24) is 0 Å². The molecule has 0 aliphatic carbocycles. The third kappa shape index (κ3) is 2.03. The van der Waals surface area contributed by atoms with Crippen molar-refractivity contribution in [2.45, 2.75) is 0 Å². The summed E-state index contributed by atoms with van der Waals surface area (Å²) in [6.07, 6.45) is 11.3. The number of rotatable bonds is 2. The van der Waals surface area contributed by atoms with Gasteiger partial charge in [0.1, 0.15) is 0 Å². The predicted octanol–water partition coefficient (Wildman–Crippen LogP) is 5.17. The number of terminal acetylenes is 2. The first-order chi connectivity index (χ1) is 9.35. The maximum Gasteiger partial charge on any atom is 0.0935 e. The highest BCUT2D eigenvalue weighted by molar-refractivity contribution is 7.23. The average molecular weight is 296 g/mol. The smallest absolute Gasteiger partial charge is 0.0935 e. The second kappa shape index (κ2) is 5.07. The van der Waals surface area contributed by atoms with E-state index in [2.05, 4.69) is 34.7 Å². The molecule has 0 aromatic carbocycles. The van der Waals surface area contributed by atoms with Gasteiger partial charge in [-0.15, -0.1) is 46.9 Å². The fourth-order valence-corrected chi connectivity index (χ4v) is 4.70. The zero-order chi connectivity index (χ0) is 13.2. The van der Waals surface area contributed by atoms with Crippen LogP contribution in [0.2, 0.25) is 0 Å². The average Bonchev–Trinajstić information content (AvgIpc) is 3.16. The molecule has 0 bridgehead atoms. The molecule has 0 radical (unpaired) electrons. The summed E-state index contributed by atoms with van der Waals surface area (Å²) in [6, 6.07) is 8.27. The van der Waals surface area contributed by atoms with Crippen LogP contribution >= 0.6 is 34.0 Å². The molecule has 0 spiro atoms. The minimum absolute atomic E-state index is 0.842. The van der Waals surface area contributed by atoms with Crippen LogP contribution in [0.3, 0.4) is 0 Å². The SMILES string of the molecule is C#Cc1sc(-c2cccs2)c(-c2cccs2)c1C#C. The third-order valence-corrected chi connectivity index (χ3v) is 5.75. The molecular weight excluding hydrogens is 288 g/mol. The fraction of sp³-hybridized carbons (Fsp3) is 0. The van der Waals surface area contributed by atoms with Gasteiger partial charge in [-0.1, -0.05) is 24.0 Å². The van der Waals surface area contributed by atoms with Gasteiger partial charge in [-0.2, -0.15) is 0 Å². The minimum Gasteiger partial charge on any atom is -0.144 e. The Bertz CT molecular complexity index is 773. The second-order valence-electron chi connectivity index (χ2n) is 3.75.